The van der Waals surface area contributed by atoms with Gasteiger partial charge in [-0.25, -0.2) is 9.59 Å². The Hall–Kier alpha value is -4.08. The summed E-state index contributed by atoms with van der Waals surface area (Å²) in [7, 11) is 0. The van der Waals surface area contributed by atoms with E-state index < -0.39 is 66.8 Å². The maximum Gasteiger partial charge on any atom is 0.336 e. The second kappa shape index (κ2) is 14.9. The molecular formula is C14H19N3O13. The first kappa shape index (κ1) is 28.1. The van der Waals surface area contributed by atoms with Crippen molar-refractivity contribution in [1.82, 2.24) is 10.6 Å². The molecule has 0 aliphatic carbocycles. The Morgan fingerprint density at radius 1 is 1.00 bits per heavy atom. The highest BCUT2D eigenvalue weighted by Gasteiger charge is 2.32. The maximum atomic E-state index is 10.5. The number of esters is 2. The molecule has 1 aliphatic rings. The second-order valence-corrected chi connectivity index (χ2v) is 5.15. The molecule has 0 bridgehead atoms. The zero-order valence-corrected chi connectivity index (χ0v) is 15.0. The molecule has 0 aromatic carbocycles. The lowest BCUT2D eigenvalue weighted by Crippen LogP contribution is -2.37. The molecule has 3 unspecified atom stereocenters. The standard InChI is InChI=1S/C5H7NO5.C5H5NO4.C4H7NO4/c7-2-6-3(5(10)11)1-4(8)9;7-2-6-3-1-4(8)10-5(3)9;5-2(4(8)9)1-3(6)7/h2-3H,1H2,(H,6,7)(H,8,9)(H,10,11);2-3H,1H2,(H,6,7);2H,1,5H2,(H,6,7)(H,8,9). The Labute approximate surface area is 167 Å². The van der Waals surface area contributed by atoms with Crippen molar-refractivity contribution in [3.63, 3.8) is 0 Å². The Morgan fingerprint density at radius 3 is 1.80 bits per heavy atom. The fourth-order valence-corrected chi connectivity index (χ4v) is 1.43. The molecule has 3 atom stereocenters. The van der Waals surface area contributed by atoms with Crippen LogP contribution >= 0.6 is 0 Å². The summed E-state index contributed by atoms with van der Waals surface area (Å²) in [4.78, 5) is 80.1. The first-order valence-corrected chi connectivity index (χ1v) is 7.64. The number of hydrogen-bond donors (Lipinski definition) is 7. The Bertz CT molecular complexity index is 678. The molecule has 1 fully saturated rings. The van der Waals surface area contributed by atoms with E-state index in [1.165, 1.54) is 0 Å². The molecule has 16 nitrogen and oxygen atoms in total. The van der Waals surface area contributed by atoms with Crippen LogP contribution in [0.25, 0.3) is 0 Å². The minimum atomic E-state index is -1.36. The largest absolute Gasteiger partial charge is 0.481 e. The Balaban J connectivity index is 0. The number of cyclic esters (lactones) is 2. The van der Waals surface area contributed by atoms with E-state index in [1.807, 2.05) is 5.32 Å². The van der Waals surface area contributed by atoms with Crippen molar-refractivity contribution in [3.8, 4) is 0 Å². The van der Waals surface area contributed by atoms with Gasteiger partial charge in [0.05, 0.1) is 19.3 Å². The van der Waals surface area contributed by atoms with Gasteiger partial charge in [0.2, 0.25) is 12.8 Å². The molecule has 0 radical (unpaired) electrons. The van der Waals surface area contributed by atoms with E-state index in [4.69, 9.17) is 26.2 Å². The van der Waals surface area contributed by atoms with Crippen molar-refractivity contribution in [1.29, 1.82) is 0 Å². The summed E-state index contributed by atoms with van der Waals surface area (Å²) in [6.45, 7) is 0. The van der Waals surface area contributed by atoms with E-state index in [-0.39, 0.29) is 12.8 Å². The number of carbonyl (C=O) groups is 8. The SMILES string of the molecule is NC(CC(=O)O)C(=O)O.O=CNC(CC(=O)O)C(=O)O.O=CNC1CC(=O)OC1=O. The van der Waals surface area contributed by atoms with E-state index in [9.17, 15) is 38.4 Å². The third kappa shape index (κ3) is 14.0. The molecule has 8 N–H and O–H groups in total. The van der Waals surface area contributed by atoms with Crippen molar-refractivity contribution in [2.45, 2.75) is 37.4 Å². The number of hydrogen-bond acceptors (Lipinski definition) is 10. The van der Waals surface area contributed by atoms with Crippen molar-refractivity contribution >= 4 is 48.6 Å². The number of aliphatic carboxylic acids is 4. The zero-order valence-electron chi connectivity index (χ0n) is 15.0. The normalized spacial score (nSPS) is 16.1. The lowest BCUT2D eigenvalue weighted by Gasteiger charge is -2.06. The highest BCUT2D eigenvalue weighted by Crippen LogP contribution is 2.06. The van der Waals surface area contributed by atoms with Gasteiger partial charge in [-0.2, -0.15) is 0 Å². The minimum absolute atomic E-state index is 0.0580. The third-order valence-electron chi connectivity index (χ3n) is 2.80. The van der Waals surface area contributed by atoms with Crippen molar-refractivity contribution in [2.75, 3.05) is 0 Å². The molecule has 16 heteroatoms. The minimum Gasteiger partial charge on any atom is -0.481 e. The molecule has 1 aliphatic heterocycles. The summed E-state index contributed by atoms with van der Waals surface area (Å²) in [6, 6.07) is -3.41. The Kier molecular flexibility index (Phi) is 14.0. The molecule has 1 rings (SSSR count). The van der Waals surface area contributed by atoms with Crippen LogP contribution in [0, 0.1) is 0 Å². The van der Waals surface area contributed by atoms with Gasteiger partial charge < -0.3 is 41.5 Å². The van der Waals surface area contributed by atoms with E-state index >= 15 is 0 Å². The van der Waals surface area contributed by atoms with Crippen LogP contribution in [0.4, 0.5) is 0 Å². The molecule has 30 heavy (non-hydrogen) atoms. The highest BCUT2D eigenvalue weighted by atomic mass is 16.6. The van der Waals surface area contributed by atoms with Crippen LogP contribution in [-0.4, -0.2) is 87.2 Å². The van der Waals surface area contributed by atoms with Crippen LogP contribution in [0.3, 0.4) is 0 Å². The lowest BCUT2D eigenvalue weighted by atomic mass is 10.2. The summed E-state index contributed by atoms with van der Waals surface area (Å²) in [5, 5.41) is 36.4. The molecular weight excluding hydrogens is 418 g/mol. The molecule has 0 spiro atoms. The van der Waals surface area contributed by atoms with Crippen LogP contribution < -0.4 is 16.4 Å². The molecule has 0 saturated carbocycles. The fraction of sp³-hybridized carbons (Fsp3) is 0.429. The number of carboxylic acids is 4. The van der Waals surface area contributed by atoms with Gasteiger partial charge in [-0.05, 0) is 0 Å². The predicted octanol–water partition coefficient (Wildman–Crippen LogP) is -3.89. The fourth-order valence-electron chi connectivity index (χ4n) is 1.43. The van der Waals surface area contributed by atoms with E-state index in [0.717, 1.165) is 0 Å². The van der Waals surface area contributed by atoms with E-state index in [0.29, 0.717) is 6.41 Å². The first-order chi connectivity index (χ1) is 13.8. The van der Waals surface area contributed by atoms with Crippen LogP contribution in [0.1, 0.15) is 19.3 Å². The molecule has 2 amide bonds. The molecule has 168 valence electrons. The molecule has 1 saturated heterocycles. The van der Waals surface area contributed by atoms with E-state index in [2.05, 4.69) is 10.1 Å². The zero-order chi connectivity index (χ0) is 23.9. The van der Waals surface area contributed by atoms with Crippen molar-refractivity contribution < 1.29 is 63.5 Å². The monoisotopic (exact) mass is 437 g/mol. The second-order valence-electron chi connectivity index (χ2n) is 5.15. The number of nitrogens with two attached hydrogens (primary N) is 1. The van der Waals surface area contributed by atoms with Crippen molar-refractivity contribution in [3.05, 3.63) is 0 Å². The van der Waals surface area contributed by atoms with Gasteiger partial charge in [-0.15, -0.1) is 0 Å². The predicted molar refractivity (Wildman–Crippen MR) is 89.4 cm³/mol. The quantitative estimate of drug-likeness (QED) is 0.0977. The maximum absolute atomic E-state index is 10.5. The van der Waals surface area contributed by atoms with Gasteiger partial charge in [0.15, 0.2) is 0 Å². The van der Waals surface area contributed by atoms with Gasteiger partial charge in [-0.1, -0.05) is 0 Å². The van der Waals surface area contributed by atoms with Crippen LogP contribution in [0.2, 0.25) is 0 Å². The van der Waals surface area contributed by atoms with Gasteiger partial charge in [0.25, 0.3) is 0 Å². The smallest absolute Gasteiger partial charge is 0.336 e. The summed E-state index contributed by atoms with van der Waals surface area (Å²) >= 11 is 0. The molecule has 0 aromatic rings. The average molecular weight is 437 g/mol. The van der Waals surface area contributed by atoms with Crippen LogP contribution in [0.5, 0.6) is 0 Å². The number of rotatable bonds is 10. The summed E-state index contributed by atoms with van der Waals surface area (Å²) in [6.07, 6.45) is -0.687. The lowest BCUT2D eigenvalue weighted by molar-refractivity contribution is -0.153. The van der Waals surface area contributed by atoms with E-state index in [1.54, 1.807) is 0 Å². The summed E-state index contributed by atoms with van der Waals surface area (Å²) in [5.74, 6) is -6.41. The summed E-state index contributed by atoms with van der Waals surface area (Å²) in [5.41, 5.74) is 4.84. The number of ether oxygens (including phenoxy) is 1. The molecule has 0 aromatic heterocycles. The van der Waals surface area contributed by atoms with Crippen molar-refractivity contribution in [2.24, 2.45) is 5.73 Å². The number of carboxylic acid groups (broad SMARTS) is 4. The highest BCUT2D eigenvalue weighted by molar-refractivity contribution is 5.97. The summed E-state index contributed by atoms with van der Waals surface area (Å²) < 4.78 is 4.13. The van der Waals surface area contributed by atoms with Crippen LogP contribution in [0.15, 0.2) is 0 Å². The average Bonchev–Trinajstić information content (AvgIpc) is 2.92. The van der Waals surface area contributed by atoms with Gasteiger partial charge in [0, 0.05) is 0 Å². The molecule has 1 heterocycles. The van der Waals surface area contributed by atoms with Crippen LogP contribution in [-0.2, 0) is 43.1 Å². The van der Waals surface area contributed by atoms with Gasteiger partial charge in [0.1, 0.15) is 18.1 Å². The van der Waals surface area contributed by atoms with Gasteiger partial charge in [-0.3, -0.25) is 28.8 Å². The number of nitrogens with one attached hydrogen (secondary N) is 2. The number of amides is 2. The third-order valence-corrected chi connectivity index (χ3v) is 2.80. The topological polar surface area (TPSA) is 277 Å². The Morgan fingerprint density at radius 2 is 1.53 bits per heavy atom. The number of carbonyl (C=O) groups excluding carboxylic acids is 4. The van der Waals surface area contributed by atoms with Gasteiger partial charge >= 0.3 is 35.8 Å². The first-order valence-electron chi connectivity index (χ1n) is 7.64.